The van der Waals surface area contributed by atoms with Gasteiger partial charge in [0.15, 0.2) is 0 Å². The predicted molar refractivity (Wildman–Crippen MR) is 79.4 cm³/mol. The molecular formula is C16H24N2O. The summed E-state index contributed by atoms with van der Waals surface area (Å²) >= 11 is 0. The molecule has 0 saturated heterocycles. The van der Waals surface area contributed by atoms with Crippen LogP contribution in [0.15, 0.2) is 18.2 Å². The van der Waals surface area contributed by atoms with Crippen LogP contribution in [-0.2, 0) is 11.2 Å². The number of benzene rings is 1. The highest BCUT2D eigenvalue weighted by Crippen LogP contribution is 2.31. The molecule has 19 heavy (non-hydrogen) atoms. The lowest BCUT2D eigenvalue weighted by Crippen LogP contribution is -2.39. The maximum Gasteiger partial charge on any atom is 0.228 e. The topological polar surface area (TPSA) is 46.3 Å². The molecule has 1 unspecified atom stereocenters. The number of nitrogens with zero attached hydrogens (tertiary/aromatic N) is 1. The van der Waals surface area contributed by atoms with E-state index in [1.54, 1.807) is 0 Å². The molecule has 2 rings (SSSR count). The first kappa shape index (κ1) is 14.1. The van der Waals surface area contributed by atoms with Crippen molar-refractivity contribution in [2.75, 3.05) is 11.4 Å². The summed E-state index contributed by atoms with van der Waals surface area (Å²) in [6, 6.07) is 6.28. The zero-order valence-corrected chi connectivity index (χ0v) is 12.0. The lowest BCUT2D eigenvalue weighted by Gasteiger charge is -2.31. The summed E-state index contributed by atoms with van der Waals surface area (Å²) in [5.74, 6) is 0.177. The van der Waals surface area contributed by atoms with E-state index in [-0.39, 0.29) is 11.9 Å². The Morgan fingerprint density at radius 1 is 1.47 bits per heavy atom. The van der Waals surface area contributed by atoms with Crippen molar-refractivity contribution in [1.82, 2.24) is 0 Å². The van der Waals surface area contributed by atoms with Gasteiger partial charge in [0.05, 0.1) is 0 Å². The van der Waals surface area contributed by atoms with Gasteiger partial charge >= 0.3 is 0 Å². The van der Waals surface area contributed by atoms with E-state index in [2.05, 4.69) is 32.0 Å². The van der Waals surface area contributed by atoms with E-state index >= 15 is 0 Å². The second kappa shape index (κ2) is 6.20. The van der Waals surface area contributed by atoms with E-state index in [9.17, 15) is 4.79 Å². The molecule has 1 aromatic rings. The molecule has 1 amide bonds. The van der Waals surface area contributed by atoms with Gasteiger partial charge in [0.1, 0.15) is 0 Å². The number of fused-ring (bicyclic) bond motifs is 1. The van der Waals surface area contributed by atoms with Crippen molar-refractivity contribution >= 4 is 11.6 Å². The molecule has 0 aromatic heterocycles. The van der Waals surface area contributed by atoms with Gasteiger partial charge in [0.25, 0.3) is 0 Å². The van der Waals surface area contributed by atoms with Crippen LogP contribution in [0.3, 0.4) is 0 Å². The van der Waals surface area contributed by atoms with Crippen LogP contribution in [0.25, 0.3) is 0 Å². The zero-order chi connectivity index (χ0) is 13.8. The molecule has 0 aliphatic carbocycles. The molecule has 0 bridgehead atoms. The van der Waals surface area contributed by atoms with Crippen molar-refractivity contribution in [1.29, 1.82) is 0 Å². The summed E-state index contributed by atoms with van der Waals surface area (Å²) in [7, 11) is 0. The van der Waals surface area contributed by atoms with Gasteiger partial charge in [-0.25, -0.2) is 0 Å². The molecule has 0 fully saturated rings. The summed E-state index contributed by atoms with van der Waals surface area (Å²) in [6.45, 7) is 5.01. The summed E-state index contributed by atoms with van der Waals surface area (Å²) in [6.07, 6.45) is 4.53. The summed E-state index contributed by atoms with van der Waals surface area (Å²) in [4.78, 5) is 14.4. The average Bonchev–Trinajstić information content (AvgIpc) is 2.38. The number of carbonyl (C=O) groups is 1. The molecule has 3 nitrogen and oxygen atoms in total. The first-order chi connectivity index (χ1) is 9.13. The number of carbonyl (C=O) groups excluding carboxylic acids is 1. The zero-order valence-electron chi connectivity index (χ0n) is 12.0. The van der Waals surface area contributed by atoms with Gasteiger partial charge in [-0.05, 0) is 37.3 Å². The van der Waals surface area contributed by atoms with Crippen LogP contribution in [0.2, 0.25) is 0 Å². The van der Waals surface area contributed by atoms with Gasteiger partial charge in [0.2, 0.25) is 5.91 Å². The van der Waals surface area contributed by atoms with Gasteiger partial charge in [-0.1, -0.05) is 31.5 Å². The number of hydrogen-bond donors (Lipinski definition) is 1. The highest BCUT2D eigenvalue weighted by molar-refractivity contribution is 5.95. The predicted octanol–water partition coefficient (Wildman–Crippen LogP) is 2.79. The minimum Gasteiger partial charge on any atom is -0.327 e. The third-order valence-electron chi connectivity index (χ3n) is 3.82. The van der Waals surface area contributed by atoms with Crippen LogP contribution in [0.5, 0.6) is 0 Å². The van der Waals surface area contributed by atoms with Gasteiger partial charge < -0.3 is 10.6 Å². The highest BCUT2D eigenvalue weighted by Gasteiger charge is 2.24. The number of aryl methyl sites for hydroxylation is 2. The highest BCUT2D eigenvalue weighted by atomic mass is 16.2. The van der Waals surface area contributed by atoms with E-state index in [0.717, 1.165) is 37.9 Å². The molecule has 3 heteroatoms. The second-order valence-electron chi connectivity index (χ2n) is 5.48. The molecule has 1 heterocycles. The SMILES string of the molecule is CCCC(N)CC(=O)N1CCCc2cccc(C)c21. The normalized spacial score (nSPS) is 16.1. The lowest BCUT2D eigenvalue weighted by molar-refractivity contribution is -0.119. The number of anilines is 1. The number of nitrogens with two attached hydrogens (primary N) is 1. The number of amides is 1. The van der Waals surface area contributed by atoms with Crippen molar-refractivity contribution in [2.45, 2.75) is 52.0 Å². The second-order valence-corrected chi connectivity index (χ2v) is 5.48. The smallest absolute Gasteiger partial charge is 0.228 e. The van der Waals surface area contributed by atoms with Crippen LogP contribution < -0.4 is 10.6 Å². The van der Waals surface area contributed by atoms with E-state index in [0.29, 0.717) is 6.42 Å². The fourth-order valence-electron chi connectivity index (χ4n) is 2.90. The Balaban J connectivity index is 2.17. The van der Waals surface area contributed by atoms with Crippen LogP contribution in [0, 0.1) is 6.92 Å². The summed E-state index contributed by atoms with van der Waals surface area (Å²) in [5.41, 5.74) is 9.61. The van der Waals surface area contributed by atoms with Crippen molar-refractivity contribution in [3.8, 4) is 0 Å². The minimum absolute atomic E-state index is 0.00750. The third-order valence-corrected chi connectivity index (χ3v) is 3.82. The van der Waals surface area contributed by atoms with Crippen molar-refractivity contribution in [3.63, 3.8) is 0 Å². The monoisotopic (exact) mass is 260 g/mol. The molecule has 2 N–H and O–H groups in total. The first-order valence-corrected chi connectivity index (χ1v) is 7.28. The van der Waals surface area contributed by atoms with E-state index in [4.69, 9.17) is 5.73 Å². The summed E-state index contributed by atoms with van der Waals surface area (Å²) < 4.78 is 0. The summed E-state index contributed by atoms with van der Waals surface area (Å²) in [5, 5.41) is 0. The maximum absolute atomic E-state index is 12.4. The van der Waals surface area contributed by atoms with E-state index < -0.39 is 0 Å². The molecular weight excluding hydrogens is 236 g/mol. The molecule has 0 spiro atoms. The van der Waals surface area contributed by atoms with E-state index in [1.165, 1.54) is 11.1 Å². The largest absolute Gasteiger partial charge is 0.327 e. The molecule has 0 saturated carbocycles. The number of hydrogen-bond acceptors (Lipinski definition) is 2. The Kier molecular flexibility index (Phi) is 4.59. The minimum atomic E-state index is -0.00750. The average molecular weight is 260 g/mol. The van der Waals surface area contributed by atoms with Crippen molar-refractivity contribution in [2.24, 2.45) is 5.73 Å². The third kappa shape index (κ3) is 3.16. The van der Waals surface area contributed by atoms with Crippen LogP contribution >= 0.6 is 0 Å². The molecule has 1 aliphatic heterocycles. The van der Waals surface area contributed by atoms with Crippen LogP contribution in [-0.4, -0.2) is 18.5 Å². The Bertz CT molecular complexity index is 456. The Morgan fingerprint density at radius 3 is 3.00 bits per heavy atom. The van der Waals surface area contributed by atoms with Gasteiger partial charge in [0, 0.05) is 24.7 Å². The van der Waals surface area contributed by atoms with Crippen LogP contribution in [0.4, 0.5) is 5.69 Å². The van der Waals surface area contributed by atoms with Gasteiger partial charge in [-0.2, -0.15) is 0 Å². The standard InChI is InChI=1S/C16H24N2O/c1-3-6-14(17)11-15(19)18-10-5-9-13-8-4-7-12(2)16(13)18/h4,7-8,14H,3,5-6,9-11,17H2,1-2H3. The molecule has 1 atom stereocenters. The van der Waals surface area contributed by atoms with Crippen molar-refractivity contribution in [3.05, 3.63) is 29.3 Å². The fraction of sp³-hybridized carbons (Fsp3) is 0.562. The van der Waals surface area contributed by atoms with Gasteiger partial charge in [-0.3, -0.25) is 4.79 Å². The Hall–Kier alpha value is -1.35. The first-order valence-electron chi connectivity index (χ1n) is 7.28. The molecule has 104 valence electrons. The number of rotatable bonds is 4. The quantitative estimate of drug-likeness (QED) is 0.905. The maximum atomic E-state index is 12.4. The fourth-order valence-corrected chi connectivity index (χ4v) is 2.90. The number of para-hydroxylation sites is 1. The van der Waals surface area contributed by atoms with Crippen molar-refractivity contribution < 1.29 is 4.79 Å². The lowest BCUT2D eigenvalue weighted by atomic mass is 9.97. The van der Waals surface area contributed by atoms with E-state index in [1.807, 2.05) is 4.90 Å². The molecule has 1 aromatic carbocycles. The van der Waals surface area contributed by atoms with Crippen LogP contribution in [0.1, 0.15) is 43.7 Å². The Labute approximate surface area is 115 Å². The Morgan fingerprint density at radius 2 is 2.26 bits per heavy atom. The van der Waals surface area contributed by atoms with Gasteiger partial charge in [-0.15, -0.1) is 0 Å². The molecule has 1 aliphatic rings. The molecule has 0 radical (unpaired) electrons.